The Morgan fingerprint density at radius 3 is 2.64 bits per heavy atom. The number of aromatic nitrogens is 2. The summed E-state index contributed by atoms with van der Waals surface area (Å²) < 4.78 is 1.82. The Morgan fingerprint density at radius 2 is 1.95 bits per heavy atom. The number of imidazole rings is 1. The van der Waals surface area contributed by atoms with Crippen LogP contribution in [0.2, 0.25) is 0 Å². The minimum Gasteiger partial charge on any atom is -0.397 e. The van der Waals surface area contributed by atoms with Gasteiger partial charge in [0.15, 0.2) is 0 Å². The third kappa shape index (κ3) is 2.30. The maximum atomic E-state index is 11.4. The minimum absolute atomic E-state index is 0.0716. The van der Waals surface area contributed by atoms with Crippen molar-refractivity contribution in [3.05, 3.63) is 47.5 Å². The fourth-order valence-corrected chi connectivity index (χ4v) is 2.59. The number of benzene rings is 2. The molecule has 3 rings (SSSR count). The Kier molecular flexibility index (Phi) is 3.33. The summed E-state index contributed by atoms with van der Waals surface area (Å²) in [5, 5.41) is 0. The van der Waals surface area contributed by atoms with Crippen molar-refractivity contribution in [1.29, 1.82) is 0 Å². The van der Waals surface area contributed by atoms with E-state index in [1.54, 1.807) is 6.07 Å². The van der Waals surface area contributed by atoms with Crippen molar-refractivity contribution in [3.63, 3.8) is 0 Å². The smallest absolute Gasteiger partial charge is 0.237 e. The average molecular weight is 294 g/mol. The highest BCUT2D eigenvalue weighted by molar-refractivity contribution is 5.91. The van der Waals surface area contributed by atoms with Gasteiger partial charge in [-0.1, -0.05) is 18.2 Å². The maximum absolute atomic E-state index is 11.4. The molecule has 1 heterocycles. The number of amides is 1. The van der Waals surface area contributed by atoms with Crippen LogP contribution in [-0.2, 0) is 11.3 Å². The summed E-state index contributed by atoms with van der Waals surface area (Å²) >= 11 is 0. The second kappa shape index (κ2) is 5.18. The van der Waals surface area contributed by atoms with E-state index >= 15 is 0 Å². The molecule has 0 atom stereocenters. The zero-order chi connectivity index (χ0) is 15.9. The summed E-state index contributed by atoms with van der Waals surface area (Å²) in [7, 11) is 0. The monoisotopic (exact) mass is 294 g/mol. The lowest BCUT2D eigenvalue weighted by molar-refractivity contribution is -0.118. The van der Waals surface area contributed by atoms with Gasteiger partial charge >= 0.3 is 0 Å². The number of primary amides is 1. The van der Waals surface area contributed by atoms with Crippen molar-refractivity contribution >= 4 is 22.6 Å². The second-order valence-corrected chi connectivity index (χ2v) is 5.50. The van der Waals surface area contributed by atoms with E-state index in [-0.39, 0.29) is 6.54 Å². The second-order valence-electron chi connectivity index (χ2n) is 5.50. The lowest BCUT2D eigenvalue weighted by Crippen LogP contribution is -2.19. The molecule has 0 radical (unpaired) electrons. The van der Waals surface area contributed by atoms with Crippen molar-refractivity contribution in [2.24, 2.45) is 5.73 Å². The van der Waals surface area contributed by atoms with Crippen molar-refractivity contribution in [3.8, 4) is 11.4 Å². The number of hydrogen-bond donors (Lipinski definition) is 2. The van der Waals surface area contributed by atoms with Crippen molar-refractivity contribution in [2.75, 3.05) is 5.73 Å². The van der Waals surface area contributed by atoms with Gasteiger partial charge in [-0.15, -0.1) is 0 Å². The number of hydrogen-bond acceptors (Lipinski definition) is 3. The molecular weight excluding hydrogens is 276 g/mol. The average Bonchev–Trinajstić information content (AvgIpc) is 2.82. The number of rotatable bonds is 3. The molecule has 3 aromatic rings. The predicted octanol–water partition coefficient (Wildman–Crippen LogP) is 2.39. The molecule has 1 amide bonds. The molecule has 5 nitrogen and oxygen atoms in total. The van der Waals surface area contributed by atoms with Gasteiger partial charge in [0, 0.05) is 5.56 Å². The minimum atomic E-state index is -0.410. The van der Waals surface area contributed by atoms with Crippen molar-refractivity contribution in [2.45, 2.75) is 20.4 Å². The molecule has 0 bridgehead atoms. The molecule has 1 aromatic heterocycles. The predicted molar refractivity (Wildman–Crippen MR) is 88.2 cm³/mol. The van der Waals surface area contributed by atoms with E-state index < -0.39 is 5.91 Å². The van der Waals surface area contributed by atoms with E-state index in [1.165, 1.54) is 11.1 Å². The highest BCUT2D eigenvalue weighted by atomic mass is 16.1. The largest absolute Gasteiger partial charge is 0.397 e. The van der Waals surface area contributed by atoms with Gasteiger partial charge in [-0.25, -0.2) is 4.98 Å². The highest BCUT2D eigenvalue weighted by Crippen LogP contribution is 2.28. The summed E-state index contributed by atoms with van der Waals surface area (Å²) in [5.41, 5.74) is 16.8. The number of para-hydroxylation sites is 1. The Morgan fingerprint density at radius 1 is 1.18 bits per heavy atom. The normalized spacial score (nSPS) is 11.0. The fraction of sp³-hybridized carbons (Fsp3) is 0.176. The van der Waals surface area contributed by atoms with Crippen LogP contribution in [0.15, 0.2) is 36.4 Å². The number of nitrogens with zero attached hydrogens (tertiary/aromatic N) is 2. The van der Waals surface area contributed by atoms with Gasteiger partial charge in [-0.3, -0.25) is 4.79 Å². The van der Waals surface area contributed by atoms with E-state index in [4.69, 9.17) is 11.5 Å². The SMILES string of the molecule is Cc1ccc(-c2nc3c(N)cccc3n2CC(N)=O)cc1C. The number of carbonyl (C=O) groups excluding carboxylic acids is 1. The zero-order valence-electron chi connectivity index (χ0n) is 12.6. The first-order valence-corrected chi connectivity index (χ1v) is 7.08. The fourth-order valence-electron chi connectivity index (χ4n) is 2.59. The molecule has 4 N–H and O–H groups in total. The van der Waals surface area contributed by atoms with Gasteiger partial charge < -0.3 is 16.0 Å². The van der Waals surface area contributed by atoms with Gasteiger partial charge in [-0.2, -0.15) is 0 Å². The highest BCUT2D eigenvalue weighted by Gasteiger charge is 2.16. The lowest BCUT2D eigenvalue weighted by Gasteiger charge is -2.08. The molecule has 0 saturated carbocycles. The lowest BCUT2D eigenvalue weighted by atomic mass is 10.1. The van der Waals surface area contributed by atoms with Crippen LogP contribution >= 0.6 is 0 Å². The number of nitrogens with two attached hydrogens (primary N) is 2. The summed E-state index contributed by atoms with van der Waals surface area (Å²) in [4.78, 5) is 16.1. The molecular formula is C17H18N4O. The van der Waals surface area contributed by atoms with Gasteiger partial charge in [0.25, 0.3) is 0 Å². The topological polar surface area (TPSA) is 86.9 Å². The molecule has 5 heteroatoms. The van der Waals surface area contributed by atoms with E-state index in [0.717, 1.165) is 11.1 Å². The Balaban J connectivity index is 2.29. The molecule has 22 heavy (non-hydrogen) atoms. The van der Waals surface area contributed by atoms with Gasteiger partial charge in [-0.05, 0) is 43.2 Å². The summed E-state index contributed by atoms with van der Waals surface area (Å²) in [6.45, 7) is 4.18. The number of aryl methyl sites for hydroxylation is 2. The zero-order valence-corrected chi connectivity index (χ0v) is 12.6. The molecule has 0 fully saturated rings. The van der Waals surface area contributed by atoms with E-state index in [2.05, 4.69) is 18.0 Å². The van der Waals surface area contributed by atoms with Crippen LogP contribution in [0.5, 0.6) is 0 Å². The molecule has 0 aliphatic rings. The number of fused-ring (bicyclic) bond motifs is 1. The molecule has 0 unspecified atom stereocenters. The molecule has 112 valence electrons. The van der Waals surface area contributed by atoms with Crippen LogP contribution < -0.4 is 11.5 Å². The van der Waals surface area contributed by atoms with Crippen LogP contribution in [0.4, 0.5) is 5.69 Å². The van der Waals surface area contributed by atoms with Crippen LogP contribution in [0, 0.1) is 13.8 Å². The Hall–Kier alpha value is -2.82. The molecule has 0 saturated heterocycles. The summed E-state index contributed by atoms with van der Waals surface area (Å²) in [5.74, 6) is 0.293. The van der Waals surface area contributed by atoms with Gasteiger partial charge in [0.2, 0.25) is 5.91 Å². The summed E-state index contributed by atoms with van der Waals surface area (Å²) in [6, 6.07) is 11.6. The first kappa shape index (κ1) is 14.1. The van der Waals surface area contributed by atoms with Gasteiger partial charge in [0.05, 0.1) is 11.2 Å². The van der Waals surface area contributed by atoms with Crippen molar-refractivity contribution < 1.29 is 4.79 Å². The summed E-state index contributed by atoms with van der Waals surface area (Å²) in [6.07, 6.45) is 0. The molecule has 0 aliphatic carbocycles. The van der Waals surface area contributed by atoms with Crippen molar-refractivity contribution in [1.82, 2.24) is 9.55 Å². The first-order chi connectivity index (χ1) is 10.5. The van der Waals surface area contributed by atoms with E-state index in [9.17, 15) is 4.79 Å². The Bertz CT molecular complexity index is 880. The quantitative estimate of drug-likeness (QED) is 0.727. The molecule has 0 spiro atoms. The van der Waals surface area contributed by atoms with Gasteiger partial charge in [0.1, 0.15) is 17.9 Å². The maximum Gasteiger partial charge on any atom is 0.237 e. The Labute approximate surface area is 128 Å². The van der Waals surface area contributed by atoms with Crippen LogP contribution in [0.1, 0.15) is 11.1 Å². The first-order valence-electron chi connectivity index (χ1n) is 7.08. The van der Waals surface area contributed by atoms with Crippen LogP contribution in [0.3, 0.4) is 0 Å². The number of anilines is 1. The third-order valence-electron chi connectivity index (χ3n) is 3.89. The van der Waals surface area contributed by atoms with Crippen LogP contribution in [-0.4, -0.2) is 15.5 Å². The standard InChI is InChI=1S/C17H18N4O/c1-10-6-7-12(8-11(10)2)17-20-16-13(18)4-3-5-14(16)21(17)9-15(19)22/h3-8H,9,18H2,1-2H3,(H2,19,22). The third-order valence-corrected chi connectivity index (χ3v) is 3.89. The van der Waals surface area contributed by atoms with E-state index in [1.807, 2.05) is 35.8 Å². The molecule has 2 aromatic carbocycles. The van der Waals surface area contributed by atoms with Crippen LogP contribution in [0.25, 0.3) is 22.4 Å². The number of nitrogen functional groups attached to an aromatic ring is 1. The van der Waals surface area contributed by atoms with E-state index in [0.29, 0.717) is 17.0 Å². The number of carbonyl (C=O) groups is 1. The molecule has 0 aliphatic heterocycles.